The molecule has 218 valence electrons. The fraction of sp³-hybridized carbons (Fsp3) is 0.429. The number of methoxy groups -OCH3 is 1. The smallest absolute Gasteiger partial charge is 0.217 e. The first-order valence-electron chi connectivity index (χ1n) is 13.2. The van der Waals surface area contributed by atoms with Gasteiger partial charge in [0.15, 0.2) is 17.7 Å². The average Bonchev–Trinajstić information content (AvgIpc) is 3.34. The fourth-order valence-electron chi connectivity index (χ4n) is 4.72. The molecule has 0 bridgehead atoms. The summed E-state index contributed by atoms with van der Waals surface area (Å²) >= 11 is 0. The van der Waals surface area contributed by atoms with Crippen molar-refractivity contribution >= 4 is 40.0 Å². The predicted molar refractivity (Wildman–Crippen MR) is 158 cm³/mol. The SMILES string of the molecule is [B]C(O)(O)OCC(O)CN1CCC(Nc2cccc3[nH]c(C#CCNc4ccc(S(C)(=O)=O)cc4OC)cc23)CC1. The molecule has 0 amide bonds. The zero-order valence-corrected chi connectivity index (χ0v) is 23.9. The van der Waals surface area contributed by atoms with Crippen LogP contribution < -0.4 is 15.4 Å². The van der Waals surface area contributed by atoms with E-state index in [0.717, 1.165) is 54.5 Å². The first kappa shape index (κ1) is 30.7. The minimum absolute atomic E-state index is 0.189. The van der Waals surface area contributed by atoms with Gasteiger partial charge in [0.05, 0.1) is 42.6 Å². The number of aliphatic hydroxyl groups excluding tert-OH is 1. The van der Waals surface area contributed by atoms with Crippen molar-refractivity contribution in [2.45, 2.75) is 35.8 Å². The maximum absolute atomic E-state index is 11.8. The van der Waals surface area contributed by atoms with Crippen molar-refractivity contribution in [1.82, 2.24) is 9.88 Å². The minimum Gasteiger partial charge on any atom is -0.495 e. The molecular formula is C28H35BN4O7S. The molecule has 0 saturated carbocycles. The fourth-order valence-corrected chi connectivity index (χ4v) is 5.36. The standard InChI is InChI=1S/C28H35BN4O7S/c1-39-27-16-22(41(2,37)38)8-9-26(27)30-12-4-5-20-15-23-24(6-3-7-25(23)32-20)31-19-10-13-33(14-11-19)17-21(34)18-40-28(29,35)36/h3,6-9,15-16,19,21,30-32,34-36H,10-14,17-18H2,1-2H3. The van der Waals surface area contributed by atoms with Crippen LogP contribution in [0, 0.1) is 11.8 Å². The Labute approximate surface area is 241 Å². The van der Waals surface area contributed by atoms with Crippen LogP contribution in [0.4, 0.5) is 11.4 Å². The number of aromatic nitrogens is 1. The van der Waals surface area contributed by atoms with Crippen molar-refractivity contribution < 1.29 is 33.2 Å². The van der Waals surface area contributed by atoms with Gasteiger partial charge in [0.25, 0.3) is 0 Å². The van der Waals surface area contributed by atoms with Crippen molar-refractivity contribution in [2.24, 2.45) is 0 Å². The zero-order valence-electron chi connectivity index (χ0n) is 23.1. The van der Waals surface area contributed by atoms with Gasteiger partial charge in [-0.1, -0.05) is 12.0 Å². The molecule has 3 aromatic rings. The number of fused-ring (bicyclic) bond motifs is 1. The number of sulfone groups is 1. The first-order valence-corrected chi connectivity index (χ1v) is 15.1. The lowest BCUT2D eigenvalue weighted by Gasteiger charge is -2.34. The summed E-state index contributed by atoms with van der Waals surface area (Å²) in [5, 5.41) is 35.9. The van der Waals surface area contributed by atoms with E-state index < -0.39 is 21.8 Å². The largest absolute Gasteiger partial charge is 0.495 e. The van der Waals surface area contributed by atoms with Crippen LogP contribution in [0.25, 0.3) is 10.9 Å². The lowest BCUT2D eigenvalue weighted by atomic mass is 10.0. The number of anilines is 2. The molecule has 0 aliphatic carbocycles. The molecule has 1 unspecified atom stereocenters. The monoisotopic (exact) mass is 582 g/mol. The first-order chi connectivity index (χ1) is 19.4. The molecule has 4 rings (SSSR count). The number of nitrogens with one attached hydrogen (secondary N) is 3. The number of nitrogens with zero attached hydrogens (tertiary/aromatic N) is 1. The van der Waals surface area contributed by atoms with Gasteiger partial charge in [0, 0.05) is 54.6 Å². The van der Waals surface area contributed by atoms with Gasteiger partial charge in [-0.3, -0.25) is 0 Å². The van der Waals surface area contributed by atoms with E-state index in [1.165, 1.54) is 19.2 Å². The summed E-state index contributed by atoms with van der Waals surface area (Å²) < 4.78 is 33.5. The second-order valence-corrected chi connectivity index (χ2v) is 12.1. The molecule has 0 spiro atoms. The number of hydrogen-bond acceptors (Lipinski definition) is 10. The van der Waals surface area contributed by atoms with Gasteiger partial charge >= 0.3 is 0 Å². The van der Waals surface area contributed by atoms with E-state index in [-0.39, 0.29) is 17.5 Å². The molecule has 2 heterocycles. The van der Waals surface area contributed by atoms with Crippen LogP contribution in [0.3, 0.4) is 0 Å². The van der Waals surface area contributed by atoms with Crippen LogP contribution in [0.1, 0.15) is 18.5 Å². The highest BCUT2D eigenvalue weighted by atomic mass is 32.2. The summed E-state index contributed by atoms with van der Waals surface area (Å²) in [4.78, 5) is 5.64. The summed E-state index contributed by atoms with van der Waals surface area (Å²) in [6.45, 7) is 1.96. The van der Waals surface area contributed by atoms with Crippen molar-refractivity contribution in [3.8, 4) is 17.6 Å². The van der Waals surface area contributed by atoms with Gasteiger partial charge in [-0.2, -0.15) is 0 Å². The van der Waals surface area contributed by atoms with Crippen LogP contribution >= 0.6 is 0 Å². The van der Waals surface area contributed by atoms with Crippen LogP contribution in [0.2, 0.25) is 0 Å². The van der Waals surface area contributed by atoms with Gasteiger partial charge in [-0.15, -0.1) is 0 Å². The van der Waals surface area contributed by atoms with Gasteiger partial charge in [0.1, 0.15) is 5.75 Å². The number of ether oxygens (including phenoxy) is 2. The summed E-state index contributed by atoms with van der Waals surface area (Å²) in [5.41, 5.74) is 3.40. The summed E-state index contributed by atoms with van der Waals surface area (Å²) in [6.07, 6.45) is 2.03. The Hall–Kier alpha value is -3.25. The van der Waals surface area contributed by atoms with Crippen LogP contribution in [0.5, 0.6) is 5.75 Å². The summed E-state index contributed by atoms with van der Waals surface area (Å²) in [7, 11) is 3.11. The Morgan fingerprint density at radius 3 is 2.63 bits per heavy atom. The molecule has 1 atom stereocenters. The van der Waals surface area contributed by atoms with Gasteiger partial charge < -0.3 is 45.3 Å². The molecule has 1 fully saturated rings. The van der Waals surface area contributed by atoms with E-state index in [2.05, 4.69) is 37.1 Å². The van der Waals surface area contributed by atoms with Crippen molar-refractivity contribution in [1.29, 1.82) is 0 Å². The number of piperidine rings is 1. The van der Waals surface area contributed by atoms with E-state index >= 15 is 0 Å². The minimum atomic E-state index is -3.33. The van der Waals surface area contributed by atoms with Crippen molar-refractivity contribution in [2.75, 3.05) is 56.8 Å². The van der Waals surface area contributed by atoms with Gasteiger partial charge in [-0.05, 0) is 49.1 Å². The number of hydrogen-bond donors (Lipinski definition) is 6. The van der Waals surface area contributed by atoms with Gasteiger partial charge in [-0.25, -0.2) is 8.42 Å². The number of benzene rings is 2. The highest BCUT2D eigenvalue weighted by Crippen LogP contribution is 2.28. The molecule has 2 aromatic carbocycles. The summed E-state index contributed by atoms with van der Waals surface area (Å²) in [6, 6.07) is 13.0. The third-order valence-corrected chi connectivity index (χ3v) is 7.87. The van der Waals surface area contributed by atoms with E-state index in [4.69, 9.17) is 22.8 Å². The lowest BCUT2D eigenvalue weighted by Crippen LogP contribution is -2.44. The van der Waals surface area contributed by atoms with Crippen LogP contribution in [-0.2, 0) is 14.6 Å². The van der Waals surface area contributed by atoms with Crippen molar-refractivity contribution in [3.63, 3.8) is 0 Å². The Bertz CT molecular complexity index is 1500. The number of H-pyrrole nitrogens is 1. The highest BCUT2D eigenvalue weighted by molar-refractivity contribution is 7.90. The predicted octanol–water partition coefficient (Wildman–Crippen LogP) is 1.06. The number of rotatable bonds is 11. The van der Waals surface area contributed by atoms with E-state index in [1.54, 1.807) is 6.07 Å². The van der Waals surface area contributed by atoms with E-state index in [9.17, 15) is 13.5 Å². The molecule has 1 aliphatic heterocycles. The summed E-state index contributed by atoms with van der Waals surface area (Å²) in [5.74, 6) is 3.91. The Kier molecular flexibility index (Phi) is 9.86. The quantitative estimate of drug-likeness (QED) is 0.110. The molecule has 41 heavy (non-hydrogen) atoms. The molecule has 2 radical (unpaired) electrons. The number of likely N-dealkylation sites (tertiary alicyclic amines) is 1. The second kappa shape index (κ2) is 13.2. The van der Waals surface area contributed by atoms with Gasteiger partial charge in [0.2, 0.25) is 5.87 Å². The highest BCUT2D eigenvalue weighted by Gasteiger charge is 2.23. The van der Waals surface area contributed by atoms with Crippen LogP contribution in [0.15, 0.2) is 47.4 Å². The molecule has 13 heteroatoms. The number of aromatic amines is 1. The normalized spacial score (nSPS) is 15.7. The molecule has 11 nitrogen and oxygen atoms in total. The number of β-amino-alcohol motifs (C(OH)–C–C–N with tert-alkyl or cyclic N) is 1. The van der Waals surface area contributed by atoms with E-state index in [0.29, 0.717) is 24.5 Å². The zero-order chi connectivity index (χ0) is 29.6. The Morgan fingerprint density at radius 1 is 1.20 bits per heavy atom. The Balaban J connectivity index is 1.32. The van der Waals surface area contributed by atoms with Crippen LogP contribution in [-0.4, -0.2) is 106 Å². The third-order valence-electron chi connectivity index (χ3n) is 6.76. The Morgan fingerprint density at radius 2 is 1.95 bits per heavy atom. The maximum Gasteiger partial charge on any atom is 0.217 e. The molecule has 1 aromatic heterocycles. The average molecular weight is 582 g/mol. The molecular weight excluding hydrogens is 547 g/mol. The lowest BCUT2D eigenvalue weighted by molar-refractivity contribution is -0.282. The van der Waals surface area contributed by atoms with E-state index in [1.807, 2.05) is 24.3 Å². The molecule has 1 saturated heterocycles. The maximum atomic E-state index is 11.8. The molecule has 6 N–H and O–H groups in total. The third kappa shape index (κ3) is 8.87. The molecule has 1 aliphatic rings. The van der Waals surface area contributed by atoms with Crippen molar-refractivity contribution in [3.05, 3.63) is 48.2 Å². The topological polar surface area (TPSA) is 156 Å². The second-order valence-electron chi connectivity index (χ2n) is 10.1. The number of aliphatic hydroxyl groups is 3.